The van der Waals surface area contributed by atoms with Crippen LogP contribution in [0.1, 0.15) is 0 Å². The van der Waals surface area contributed by atoms with Gasteiger partial charge in [0.2, 0.25) is 0 Å². The minimum Gasteiger partial charge on any atom is -0.495 e. The van der Waals surface area contributed by atoms with Crippen LogP contribution in [0.25, 0.3) is 10.2 Å². The molecule has 1 aliphatic rings. The van der Waals surface area contributed by atoms with Crippen molar-refractivity contribution in [2.45, 2.75) is 0 Å². The molecule has 29 heavy (non-hydrogen) atoms. The summed E-state index contributed by atoms with van der Waals surface area (Å²) >= 11 is 7.24. The quantitative estimate of drug-likeness (QED) is 0.649. The van der Waals surface area contributed by atoms with E-state index in [1.165, 1.54) is 24.5 Å². The second-order valence-electron chi connectivity index (χ2n) is 6.48. The summed E-state index contributed by atoms with van der Waals surface area (Å²) in [5.74, 6) is -0.774. The predicted molar refractivity (Wildman–Crippen MR) is 110 cm³/mol. The summed E-state index contributed by atoms with van der Waals surface area (Å²) in [6.45, 7) is 1.98. The third kappa shape index (κ3) is 4.06. The van der Waals surface area contributed by atoms with Gasteiger partial charge in [0.25, 0.3) is 0 Å². The number of halogens is 3. The van der Waals surface area contributed by atoms with Crippen molar-refractivity contribution in [1.29, 1.82) is 0 Å². The Hall–Kier alpha value is -2.65. The number of anilines is 2. The molecule has 2 heterocycles. The number of hydrogen-bond donors (Lipinski definition) is 1. The molecular formula is C19H17ClF2N4O2S. The first-order chi connectivity index (χ1) is 13.9. The molecule has 0 unspecified atom stereocenters. The molecule has 0 aliphatic carbocycles. The molecule has 3 aromatic rings. The van der Waals surface area contributed by atoms with Gasteiger partial charge < -0.3 is 19.9 Å². The van der Waals surface area contributed by atoms with Gasteiger partial charge >= 0.3 is 6.03 Å². The Kier molecular flexibility index (Phi) is 5.42. The smallest absolute Gasteiger partial charge is 0.322 e. The maximum Gasteiger partial charge on any atom is 0.322 e. The molecular weight excluding hydrogens is 422 g/mol. The summed E-state index contributed by atoms with van der Waals surface area (Å²) in [4.78, 5) is 20.5. The molecule has 0 atom stereocenters. The van der Waals surface area contributed by atoms with Crippen LogP contribution in [0.4, 0.5) is 24.4 Å². The maximum absolute atomic E-state index is 13.9. The van der Waals surface area contributed by atoms with Gasteiger partial charge in [-0.2, -0.15) is 0 Å². The Balaban J connectivity index is 1.42. The lowest BCUT2D eigenvalue weighted by molar-refractivity contribution is 0.208. The van der Waals surface area contributed by atoms with Crippen LogP contribution in [0.5, 0.6) is 5.75 Å². The number of nitrogens with one attached hydrogen (secondary N) is 1. The van der Waals surface area contributed by atoms with Crippen molar-refractivity contribution in [3.05, 3.63) is 47.0 Å². The third-order valence-corrected chi connectivity index (χ3v) is 5.94. The molecule has 1 saturated heterocycles. The Morgan fingerprint density at radius 2 is 1.97 bits per heavy atom. The lowest BCUT2D eigenvalue weighted by Crippen LogP contribution is -2.50. The second kappa shape index (κ2) is 8.00. The van der Waals surface area contributed by atoms with Gasteiger partial charge in [-0.1, -0.05) is 22.9 Å². The summed E-state index contributed by atoms with van der Waals surface area (Å²) in [7, 11) is 1.52. The van der Waals surface area contributed by atoms with Crippen LogP contribution in [0.3, 0.4) is 0 Å². The number of ether oxygens (including phenoxy) is 1. The van der Waals surface area contributed by atoms with E-state index in [1.54, 1.807) is 23.1 Å². The SMILES string of the molecule is COc1ccc(Cl)cc1NC(=O)N1CCN(c2nc3c(F)cc(F)cc3s2)CC1. The molecule has 152 valence electrons. The number of amides is 2. The molecule has 10 heteroatoms. The number of piperazine rings is 1. The standard InChI is InChI=1S/C19H17ClF2N4O2S/c1-28-15-3-2-11(20)8-14(15)23-18(27)25-4-6-26(7-5-25)19-24-17-13(22)9-12(21)10-16(17)29-19/h2-3,8-10H,4-7H2,1H3,(H,23,27). The molecule has 0 spiro atoms. The third-order valence-electron chi connectivity index (χ3n) is 4.64. The van der Waals surface area contributed by atoms with E-state index in [1.807, 2.05) is 4.90 Å². The first-order valence-electron chi connectivity index (χ1n) is 8.84. The number of methoxy groups -OCH3 is 1. The molecule has 0 saturated carbocycles. The number of aromatic nitrogens is 1. The summed E-state index contributed by atoms with van der Waals surface area (Å²) in [5.41, 5.74) is 0.663. The molecule has 4 rings (SSSR count). The number of carbonyl (C=O) groups excluding carboxylic acids is 1. The van der Waals surface area contributed by atoms with Gasteiger partial charge in [-0.3, -0.25) is 0 Å². The summed E-state index contributed by atoms with van der Waals surface area (Å²) in [6, 6.07) is 6.85. The first-order valence-corrected chi connectivity index (χ1v) is 10.0. The number of urea groups is 1. The average molecular weight is 439 g/mol. The van der Waals surface area contributed by atoms with Crippen LogP contribution in [0, 0.1) is 11.6 Å². The zero-order valence-corrected chi connectivity index (χ0v) is 17.0. The van der Waals surface area contributed by atoms with E-state index < -0.39 is 11.6 Å². The minimum absolute atomic E-state index is 0.166. The number of carbonyl (C=O) groups is 1. The molecule has 6 nitrogen and oxygen atoms in total. The van der Waals surface area contributed by atoms with Gasteiger partial charge in [0, 0.05) is 37.3 Å². The average Bonchev–Trinajstić information content (AvgIpc) is 3.13. The summed E-state index contributed by atoms with van der Waals surface area (Å²) < 4.78 is 33.0. The highest BCUT2D eigenvalue weighted by atomic mass is 35.5. The Bertz CT molecular complexity index is 1070. The Labute approximate surface area is 174 Å². The molecule has 1 aromatic heterocycles. The molecule has 2 amide bonds. The fourth-order valence-electron chi connectivity index (χ4n) is 3.15. The topological polar surface area (TPSA) is 57.7 Å². The van der Waals surface area contributed by atoms with Crippen molar-refractivity contribution in [1.82, 2.24) is 9.88 Å². The highest BCUT2D eigenvalue weighted by Crippen LogP contribution is 2.32. The maximum atomic E-state index is 13.9. The van der Waals surface area contributed by atoms with Crippen molar-refractivity contribution in [2.24, 2.45) is 0 Å². The lowest BCUT2D eigenvalue weighted by atomic mass is 10.3. The van der Waals surface area contributed by atoms with Crippen LogP contribution in [-0.2, 0) is 0 Å². The fraction of sp³-hybridized carbons (Fsp3) is 0.263. The van der Waals surface area contributed by atoms with Crippen LogP contribution >= 0.6 is 22.9 Å². The van der Waals surface area contributed by atoms with Gasteiger partial charge in [-0.25, -0.2) is 18.6 Å². The molecule has 1 aliphatic heterocycles. The number of rotatable bonds is 3. The highest BCUT2D eigenvalue weighted by Gasteiger charge is 2.24. The van der Waals surface area contributed by atoms with Gasteiger partial charge in [0.05, 0.1) is 17.5 Å². The second-order valence-corrected chi connectivity index (χ2v) is 7.93. The van der Waals surface area contributed by atoms with Crippen LogP contribution in [0.2, 0.25) is 5.02 Å². The van der Waals surface area contributed by atoms with Gasteiger partial charge in [0.15, 0.2) is 10.9 Å². The van der Waals surface area contributed by atoms with E-state index >= 15 is 0 Å². The number of hydrogen-bond acceptors (Lipinski definition) is 5. The number of thiazole rings is 1. The predicted octanol–water partition coefficient (Wildman–Crippen LogP) is 4.59. The van der Waals surface area contributed by atoms with E-state index in [0.29, 0.717) is 52.5 Å². The zero-order chi connectivity index (χ0) is 20.5. The molecule has 1 fully saturated rings. The van der Waals surface area contributed by atoms with E-state index in [9.17, 15) is 13.6 Å². The van der Waals surface area contributed by atoms with Gasteiger partial charge in [0.1, 0.15) is 17.1 Å². The van der Waals surface area contributed by atoms with Gasteiger partial charge in [-0.15, -0.1) is 0 Å². The zero-order valence-electron chi connectivity index (χ0n) is 15.4. The number of fused-ring (bicyclic) bond motifs is 1. The Morgan fingerprint density at radius 3 is 2.69 bits per heavy atom. The van der Waals surface area contributed by atoms with E-state index in [2.05, 4.69) is 10.3 Å². The fourth-order valence-corrected chi connectivity index (χ4v) is 4.38. The van der Waals surface area contributed by atoms with Crippen LogP contribution in [-0.4, -0.2) is 49.2 Å². The molecule has 1 N–H and O–H groups in total. The van der Waals surface area contributed by atoms with E-state index in [4.69, 9.17) is 16.3 Å². The Morgan fingerprint density at radius 1 is 1.21 bits per heavy atom. The van der Waals surface area contributed by atoms with Crippen molar-refractivity contribution >= 4 is 50.0 Å². The van der Waals surface area contributed by atoms with Gasteiger partial charge in [-0.05, 0) is 24.3 Å². The van der Waals surface area contributed by atoms with Crippen molar-refractivity contribution in [3.8, 4) is 5.75 Å². The molecule has 0 radical (unpaired) electrons. The lowest BCUT2D eigenvalue weighted by Gasteiger charge is -2.34. The monoisotopic (exact) mass is 438 g/mol. The highest BCUT2D eigenvalue weighted by molar-refractivity contribution is 7.22. The number of benzene rings is 2. The number of nitrogens with zero attached hydrogens (tertiary/aromatic N) is 3. The normalized spacial score (nSPS) is 14.3. The molecule has 2 aromatic carbocycles. The van der Waals surface area contributed by atoms with Crippen LogP contribution in [0.15, 0.2) is 30.3 Å². The van der Waals surface area contributed by atoms with Crippen molar-refractivity contribution in [2.75, 3.05) is 43.5 Å². The largest absolute Gasteiger partial charge is 0.495 e. The summed E-state index contributed by atoms with van der Waals surface area (Å²) in [6.07, 6.45) is 0. The van der Waals surface area contributed by atoms with Crippen molar-refractivity contribution < 1.29 is 18.3 Å². The van der Waals surface area contributed by atoms with Crippen LogP contribution < -0.4 is 15.0 Å². The van der Waals surface area contributed by atoms with E-state index in [-0.39, 0.29) is 11.5 Å². The minimum atomic E-state index is -0.670. The summed E-state index contributed by atoms with van der Waals surface area (Å²) in [5, 5.41) is 3.92. The van der Waals surface area contributed by atoms with Crippen molar-refractivity contribution in [3.63, 3.8) is 0 Å². The molecule has 0 bridgehead atoms. The van der Waals surface area contributed by atoms with E-state index in [0.717, 1.165) is 6.07 Å². The first kappa shape index (κ1) is 19.7.